The molecule has 102 valence electrons. The lowest BCUT2D eigenvalue weighted by Crippen LogP contribution is -2.38. The highest BCUT2D eigenvalue weighted by Crippen LogP contribution is 2.45. The first kappa shape index (κ1) is 13.2. The summed E-state index contributed by atoms with van der Waals surface area (Å²) < 4.78 is 11.3. The molecule has 1 fully saturated rings. The van der Waals surface area contributed by atoms with Crippen LogP contribution < -0.4 is 5.46 Å². The Balaban J connectivity index is 2.06. The highest BCUT2D eigenvalue weighted by Gasteiger charge is 2.38. The van der Waals surface area contributed by atoms with Crippen LogP contribution in [0.4, 0.5) is 0 Å². The van der Waals surface area contributed by atoms with E-state index in [2.05, 4.69) is 45.9 Å². The van der Waals surface area contributed by atoms with Crippen molar-refractivity contribution in [3.05, 3.63) is 29.3 Å². The molecule has 0 radical (unpaired) electrons. The van der Waals surface area contributed by atoms with Gasteiger partial charge in [0.15, 0.2) is 0 Å². The van der Waals surface area contributed by atoms with Crippen LogP contribution in [0, 0.1) is 0 Å². The van der Waals surface area contributed by atoms with Gasteiger partial charge in [0.05, 0.1) is 13.2 Å². The van der Waals surface area contributed by atoms with Gasteiger partial charge in [0.2, 0.25) is 0 Å². The summed E-state index contributed by atoms with van der Waals surface area (Å²) in [7, 11) is -0.161. The quantitative estimate of drug-likeness (QED) is 0.721. The molecule has 2 nitrogen and oxygen atoms in total. The molecule has 1 saturated heterocycles. The molecule has 0 unspecified atom stereocenters. The van der Waals surface area contributed by atoms with Crippen LogP contribution in [-0.4, -0.2) is 20.3 Å². The molecule has 0 spiro atoms. The molecule has 2 aliphatic rings. The summed E-state index contributed by atoms with van der Waals surface area (Å²) in [5, 5.41) is 0. The molecule has 3 heteroatoms. The van der Waals surface area contributed by atoms with Crippen molar-refractivity contribution in [2.45, 2.75) is 51.4 Å². The largest absolute Gasteiger partial charge is 0.494 e. The lowest BCUT2D eigenvalue weighted by Gasteiger charge is -2.42. The van der Waals surface area contributed by atoms with Crippen LogP contribution in [0.2, 0.25) is 0 Å². The molecule has 0 saturated carbocycles. The summed E-state index contributed by atoms with van der Waals surface area (Å²) in [6.07, 6.45) is 2.49. The van der Waals surface area contributed by atoms with E-state index < -0.39 is 0 Å². The molecule has 0 bridgehead atoms. The highest BCUT2D eigenvalue weighted by atomic mass is 16.6. The number of fused-ring (bicyclic) bond motifs is 1. The van der Waals surface area contributed by atoms with Crippen molar-refractivity contribution < 1.29 is 9.31 Å². The van der Waals surface area contributed by atoms with Gasteiger partial charge < -0.3 is 9.31 Å². The van der Waals surface area contributed by atoms with Crippen LogP contribution in [0.1, 0.15) is 51.7 Å². The monoisotopic (exact) mass is 258 g/mol. The van der Waals surface area contributed by atoms with Gasteiger partial charge >= 0.3 is 7.12 Å². The molecule has 0 N–H and O–H groups in total. The average Bonchev–Trinajstić information content (AvgIpc) is 2.89. The first-order chi connectivity index (χ1) is 8.90. The third-order valence-electron chi connectivity index (χ3n) is 4.77. The van der Waals surface area contributed by atoms with Gasteiger partial charge in [0, 0.05) is 0 Å². The Kier molecular flexibility index (Phi) is 3.03. The molecule has 1 aliphatic heterocycles. The van der Waals surface area contributed by atoms with Crippen LogP contribution in [0.3, 0.4) is 0 Å². The summed E-state index contributed by atoms with van der Waals surface area (Å²) in [5.41, 5.74) is 4.66. The Bertz CT molecular complexity index is 488. The summed E-state index contributed by atoms with van der Waals surface area (Å²) in [4.78, 5) is 0. The molecule has 1 aromatic carbocycles. The van der Waals surface area contributed by atoms with Crippen LogP contribution >= 0.6 is 0 Å². The van der Waals surface area contributed by atoms with Gasteiger partial charge in [-0.05, 0) is 40.3 Å². The molecule has 0 amide bonds. The molecule has 3 rings (SSSR count). The Hall–Kier alpha value is -0.795. The zero-order valence-electron chi connectivity index (χ0n) is 12.5. The van der Waals surface area contributed by atoms with Crippen LogP contribution in [0.15, 0.2) is 18.2 Å². The maximum Gasteiger partial charge on any atom is 0.494 e. The molecule has 0 aromatic heterocycles. The summed E-state index contributed by atoms with van der Waals surface area (Å²) in [6.45, 7) is 10.8. The zero-order valence-corrected chi connectivity index (χ0v) is 12.5. The maximum absolute atomic E-state index is 5.63. The molecule has 19 heavy (non-hydrogen) atoms. The fourth-order valence-electron chi connectivity index (χ4n) is 3.30. The standard InChI is InChI=1S/C16H23BO2/c1-15(2)7-8-16(3,4)14-11-12(5-6-13(14)15)17-18-9-10-19-17/h5-6,11H,7-10H2,1-4H3. The summed E-state index contributed by atoms with van der Waals surface area (Å²) in [5.74, 6) is 0. The van der Waals surface area contributed by atoms with Gasteiger partial charge in [0.1, 0.15) is 0 Å². The van der Waals surface area contributed by atoms with E-state index in [1.165, 1.54) is 29.4 Å². The third-order valence-corrected chi connectivity index (χ3v) is 4.77. The van der Waals surface area contributed by atoms with Crippen molar-refractivity contribution in [2.75, 3.05) is 13.2 Å². The Morgan fingerprint density at radius 3 is 2.11 bits per heavy atom. The number of rotatable bonds is 1. The van der Waals surface area contributed by atoms with Gasteiger partial charge in [-0.25, -0.2) is 0 Å². The van der Waals surface area contributed by atoms with Gasteiger partial charge in [0.25, 0.3) is 0 Å². The van der Waals surface area contributed by atoms with Gasteiger partial charge in [-0.15, -0.1) is 0 Å². The Morgan fingerprint density at radius 1 is 0.895 bits per heavy atom. The fourth-order valence-corrected chi connectivity index (χ4v) is 3.30. The minimum atomic E-state index is -0.161. The van der Waals surface area contributed by atoms with E-state index in [-0.39, 0.29) is 17.9 Å². The molecule has 1 aliphatic carbocycles. The van der Waals surface area contributed by atoms with Gasteiger partial charge in [-0.3, -0.25) is 0 Å². The van der Waals surface area contributed by atoms with Gasteiger partial charge in [-0.2, -0.15) is 0 Å². The van der Waals surface area contributed by atoms with Crippen molar-refractivity contribution in [3.63, 3.8) is 0 Å². The van der Waals surface area contributed by atoms with Crippen molar-refractivity contribution in [1.82, 2.24) is 0 Å². The van der Waals surface area contributed by atoms with Crippen molar-refractivity contribution in [2.24, 2.45) is 0 Å². The predicted molar refractivity (Wildman–Crippen MR) is 79.0 cm³/mol. The summed E-state index contributed by atoms with van der Waals surface area (Å²) in [6, 6.07) is 6.78. The van der Waals surface area contributed by atoms with E-state index in [1.54, 1.807) is 0 Å². The summed E-state index contributed by atoms with van der Waals surface area (Å²) >= 11 is 0. The smallest absolute Gasteiger partial charge is 0.405 e. The second kappa shape index (κ2) is 4.36. The average molecular weight is 258 g/mol. The number of hydrogen-bond donors (Lipinski definition) is 0. The van der Waals surface area contributed by atoms with Gasteiger partial charge in [-0.1, -0.05) is 45.9 Å². The van der Waals surface area contributed by atoms with Crippen LogP contribution in [-0.2, 0) is 20.1 Å². The SMILES string of the molecule is CC1(C)CCC(C)(C)c2cc(B3OCCO3)ccc21. The minimum absolute atomic E-state index is 0.161. The van der Waals surface area contributed by atoms with Crippen molar-refractivity contribution in [3.8, 4) is 0 Å². The van der Waals surface area contributed by atoms with E-state index in [4.69, 9.17) is 9.31 Å². The van der Waals surface area contributed by atoms with E-state index in [0.29, 0.717) is 13.2 Å². The molecular weight excluding hydrogens is 235 g/mol. The van der Waals surface area contributed by atoms with Crippen molar-refractivity contribution in [1.29, 1.82) is 0 Å². The lowest BCUT2D eigenvalue weighted by atomic mass is 9.61. The zero-order chi connectivity index (χ0) is 13.7. The Morgan fingerprint density at radius 2 is 1.47 bits per heavy atom. The van der Waals surface area contributed by atoms with E-state index >= 15 is 0 Å². The first-order valence-electron chi connectivity index (χ1n) is 7.28. The minimum Gasteiger partial charge on any atom is -0.405 e. The second-order valence-electron chi connectivity index (χ2n) is 7.15. The van der Waals surface area contributed by atoms with Crippen molar-refractivity contribution >= 4 is 12.6 Å². The fraction of sp³-hybridized carbons (Fsp3) is 0.625. The lowest BCUT2D eigenvalue weighted by molar-refractivity contribution is 0.332. The van der Waals surface area contributed by atoms with E-state index in [9.17, 15) is 0 Å². The Labute approximate surface area is 116 Å². The molecule has 1 aromatic rings. The van der Waals surface area contributed by atoms with Crippen LogP contribution in [0.25, 0.3) is 0 Å². The highest BCUT2D eigenvalue weighted by molar-refractivity contribution is 6.61. The number of hydrogen-bond acceptors (Lipinski definition) is 2. The molecule has 1 heterocycles. The van der Waals surface area contributed by atoms with E-state index in [1.807, 2.05) is 0 Å². The van der Waals surface area contributed by atoms with E-state index in [0.717, 1.165) is 0 Å². The first-order valence-corrected chi connectivity index (χ1v) is 7.28. The normalized spacial score (nSPS) is 24.3. The topological polar surface area (TPSA) is 18.5 Å². The maximum atomic E-state index is 5.63. The third kappa shape index (κ3) is 2.23. The molecular formula is C16H23BO2. The molecule has 0 atom stereocenters. The van der Waals surface area contributed by atoms with Crippen LogP contribution in [0.5, 0.6) is 0 Å². The number of benzene rings is 1. The second-order valence-corrected chi connectivity index (χ2v) is 7.15. The predicted octanol–water partition coefficient (Wildman–Crippen LogP) is 2.78.